The van der Waals surface area contributed by atoms with Gasteiger partial charge in [0.05, 0.1) is 21.9 Å². The SMILES string of the molecule is CNC(Cc1c(Cl)c(C)nn1C)c1cncs1. The number of hydrogen-bond donors (Lipinski definition) is 1. The molecule has 1 atom stereocenters. The molecule has 2 heterocycles. The first kappa shape index (κ1) is 12.5. The molecule has 4 nitrogen and oxygen atoms in total. The number of thiazole rings is 1. The van der Waals surface area contributed by atoms with Crippen LogP contribution in [0.3, 0.4) is 0 Å². The van der Waals surface area contributed by atoms with Gasteiger partial charge in [-0.2, -0.15) is 5.10 Å². The first-order valence-electron chi connectivity index (χ1n) is 5.37. The number of nitrogens with zero attached hydrogens (tertiary/aromatic N) is 3. The van der Waals surface area contributed by atoms with Gasteiger partial charge >= 0.3 is 0 Å². The molecule has 2 aromatic rings. The number of nitrogens with one attached hydrogen (secondary N) is 1. The Balaban J connectivity index is 2.24. The van der Waals surface area contributed by atoms with Crippen LogP contribution < -0.4 is 5.32 Å². The Morgan fingerprint density at radius 3 is 2.82 bits per heavy atom. The van der Waals surface area contributed by atoms with Crippen LogP contribution in [0.5, 0.6) is 0 Å². The average molecular weight is 271 g/mol. The summed E-state index contributed by atoms with van der Waals surface area (Å²) in [6.07, 6.45) is 2.71. The van der Waals surface area contributed by atoms with Crippen LogP contribution in [0.25, 0.3) is 0 Å². The van der Waals surface area contributed by atoms with E-state index < -0.39 is 0 Å². The van der Waals surface area contributed by atoms with Crippen molar-refractivity contribution in [3.8, 4) is 0 Å². The average Bonchev–Trinajstić information content (AvgIpc) is 2.89. The van der Waals surface area contributed by atoms with E-state index in [0.717, 1.165) is 22.8 Å². The van der Waals surface area contributed by atoms with Crippen LogP contribution in [0.4, 0.5) is 0 Å². The van der Waals surface area contributed by atoms with Crippen LogP contribution in [-0.4, -0.2) is 21.8 Å². The van der Waals surface area contributed by atoms with Crippen molar-refractivity contribution in [2.45, 2.75) is 19.4 Å². The van der Waals surface area contributed by atoms with Crippen molar-refractivity contribution in [2.75, 3.05) is 7.05 Å². The first-order valence-corrected chi connectivity index (χ1v) is 6.63. The highest BCUT2D eigenvalue weighted by molar-refractivity contribution is 7.09. The second kappa shape index (κ2) is 5.16. The fourth-order valence-electron chi connectivity index (χ4n) is 1.84. The van der Waals surface area contributed by atoms with Crippen molar-refractivity contribution in [3.05, 3.63) is 33.0 Å². The fraction of sp³-hybridized carbons (Fsp3) is 0.455. The smallest absolute Gasteiger partial charge is 0.0847 e. The number of hydrogen-bond acceptors (Lipinski definition) is 4. The maximum absolute atomic E-state index is 6.25. The second-order valence-corrected chi connectivity index (χ2v) is 5.21. The molecule has 0 aliphatic rings. The Hall–Kier alpha value is -0.910. The summed E-state index contributed by atoms with van der Waals surface area (Å²) in [5.41, 5.74) is 3.77. The van der Waals surface area contributed by atoms with Crippen LogP contribution in [-0.2, 0) is 13.5 Å². The Morgan fingerprint density at radius 2 is 2.35 bits per heavy atom. The van der Waals surface area contributed by atoms with Crippen LogP contribution in [0.1, 0.15) is 22.3 Å². The number of aromatic nitrogens is 3. The summed E-state index contributed by atoms with van der Waals surface area (Å²) in [5.74, 6) is 0. The number of rotatable bonds is 4. The summed E-state index contributed by atoms with van der Waals surface area (Å²) in [7, 11) is 3.87. The summed E-state index contributed by atoms with van der Waals surface area (Å²) in [6.45, 7) is 1.92. The lowest BCUT2D eigenvalue weighted by molar-refractivity contribution is 0.568. The van der Waals surface area contributed by atoms with Gasteiger partial charge in [-0.1, -0.05) is 11.6 Å². The van der Waals surface area contributed by atoms with Crippen molar-refractivity contribution in [1.82, 2.24) is 20.1 Å². The molecule has 0 aliphatic heterocycles. The van der Waals surface area contributed by atoms with Gasteiger partial charge in [0, 0.05) is 30.6 Å². The van der Waals surface area contributed by atoms with Crippen LogP contribution in [0, 0.1) is 6.92 Å². The molecule has 6 heteroatoms. The molecule has 17 heavy (non-hydrogen) atoms. The van der Waals surface area contributed by atoms with E-state index in [1.54, 1.807) is 11.3 Å². The lowest BCUT2D eigenvalue weighted by Gasteiger charge is -2.14. The molecule has 1 unspecified atom stereocenters. The summed E-state index contributed by atoms with van der Waals surface area (Å²) in [6, 6.07) is 0.231. The van der Waals surface area contributed by atoms with Gasteiger partial charge in [0.15, 0.2) is 0 Å². The van der Waals surface area contributed by atoms with E-state index in [2.05, 4.69) is 15.4 Å². The minimum atomic E-state index is 0.231. The minimum absolute atomic E-state index is 0.231. The second-order valence-electron chi connectivity index (χ2n) is 3.92. The molecule has 0 bridgehead atoms. The van der Waals surface area contributed by atoms with Crippen molar-refractivity contribution in [3.63, 3.8) is 0 Å². The molecule has 0 radical (unpaired) electrons. The predicted molar refractivity (Wildman–Crippen MR) is 70.6 cm³/mol. The number of likely N-dealkylation sites (N-methyl/N-ethyl adjacent to an activating group) is 1. The van der Waals surface area contributed by atoms with Crippen molar-refractivity contribution in [1.29, 1.82) is 0 Å². The van der Waals surface area contributed by atoms with E-state index >= 15 is 0 Å². The van der Waals surface area contributed by atoms with Gasteiger partial charge < -0.3 is 5.32 Å². The molecule has 0 aromatic carbocycles. The van der Waals surface area contributed by atoms with Gasteiger partial charge in [-0.25, -0.2) is 0 Å². The van der Waals surface area contributed by atoms with Crippen molar-refractivity contribution in [2.24, 2.45) is 7.05 Å². The van der Waals surface area contributed by atoms with E-state index in [0.29, 0.717) is 0 Å². The zero-order valence-corrected chi connectivity index (χ0v) is 11.6. The highest BCUT2D eigenvalue weighted by Crippen LogP contribution is 2.26. The summed E-state index contributed by atoms with van der Waals surface area (Å²) < 4.78 is 1.85. The molecular formula is C11H15ClN4S. The molecule has 0 saturated carbocycles. The summed E-state index contributed by atoms with van der Waals surface area (Å²) >= 11 is 7.90. The van der Waals surface area contributed by atoms with Crippen LogP contribution in [0.15, 0.2) is 11.7 Å². The van der Waals surface area contributed by atoms with Crippen LogP contribution in [0.2, 0.25) is 5.02 Å². The molecule has 1 N–H and O–H groups in total. The Kier molecular flexibility index (Phi) is 3.81. The third kappa shape index (κ3) is 2.51. The van der Waals surface area contributed by atoms with Crippen LogP contribution >= 0.6 is 22.9 Å². The van der Waals surface area contributed by atoms with Gasteiger partial charge in [-0.3, -0.25) is 9.67 Å². The standard InChI is InChI=1S/C11H15ClN4S/c1-7-11(12)9(16(3)15-7)4-8(13-2)10-5-14-6-17-10/h5-6,8,13H,4H2,1-3H3. The Labute approximate surface area is 110 Å². The lowest BCUT2D eigenvalue weighted by atomic mass is 10.1. The quantitative estimate of drug-likeness (QED) is 0.927. The molecular weight excluding hydrogens is 256 g/mol. The molecule has 2 rings (SSSR count). The van der Waals surface area contributed by atoms with E-state index in [-0.39, 0.29) is 6.04 Å². The number of halogens is 1. The summed E-state index contributed by atoms with van der Waals surface area (Å²) in [5, 5.41) is 8.37. The van der Waals surface area contributed by atoms with E-state index in [1.165, 1.54) is 4.88 Å². The van der Waals surface area contributed by atoms with Gasteiger partial charge in [-0.05, 0) is 14.0 Å². The first-order chi connectivity index (χ1) is 8.13. The normalized spacial score (nSPS) is 12.9. The highest BCUT2D eigenvalue weighted by atomic mass is 35.5. The molecule has 0 fully saturated rings. The van der Waals surface area contributed by atoms with E-state index in [4.69, 9.17) is 11.6 Å². The predicted octanol–water partition coefficient (Wildman–Crippen LogP) is 2.34. The third-order valence-electron chi connectivity index (χ3n) is 2.80. The molecule has 0 amide bonds. The lowest BCUT2D eigenvalue weighted by Crippen LogP contribution is -2.19. The fourth-order valence-corrected chi connectivity index (χ4v) is 2.81. The molecule has 0 saturated heterocycles. The number of aryl methyl sites for hydroxylation is 2. The van der Waals surface area contributed by atoms with E-state index in [1.807, 2.05) is 37.4 Å². The maximum Gasteiger partial charge on any atom is 0.0847 e. The topological polar surface area (TPSA) is 42.7 Å². The molecule has 0 spiro atoms. The van der Waals surface area contributed by atoms with Gasteiger partial charge in [0.2, 0.25) is 0 Å². The van der Waals surface area contributed by atoms with Crippen molar-refractivity contribution < 1.29 is 0 Å². The Morgan fingerprint density at radius 1 is 1.59 bits per heavy atom. The summed E-state index contributed by atoms with van der Waals surface area (Å²) in [4.78, 5) is 5.32. The highest BCUT2D eigenvalue weighted by Gasteiger charge is 2.18. The van der Waals surface area contributed by atoms with Crippen molar-refractivity contribution >= 4 is 22.9 Å². The maximum atomic E-state index is 6.25. The zero-order valence-electron chi connectivity index (χ0n) is 10.1. The molecule has 2 aromatic heterocycles. The third-order valence-corrected chi connectivity index (χ3v) is 4.18. The Bertz CT molecular complexity index is 492. The minimum Gasteiger partial charge on any atom is -0.312 e. The van der Waals surface area contributed by atoms with Gasteiger partial charge in [0.1, 0.15) is 0 Å². The largest absolute Gasteiger partial charge is 0.312 e. The van der Waals surface area contributed by atoms with Gasteiger partial charge in [0.25, 0.3) is 0 Å². The monoisotopic (exact) mass is 270 g/mol. The molecule has 92 valence electrons. The zero-order chi connectivity index (χ0) is 12.4. The molecule has 0 aliphatic carbocycles. The van der Waals surface area contributed by atoms with E-state index in [9.17, 15) is 0 Å². The van der Waals surface area contributed by atoms with Gasteiger partial charge in [-0.15, -0.1) is 11.3 Å².